The van der Waals surface area contributed by atoms with E-state index in [4.69, 9.17) is 0 Å². The number of hydrogen-bond acceptors (Lipinski definition) is 4. The second-order valence-corrected chi connectivity index (χ2v) is 11.8. The van der Waals surface area contributed by atoms with Crippen molar-refractivity contribution in [2.24, 2.45) is 5.92 Å². The second-order valence-electron chi connectivity index (χ2n) is 9.84. The molecule has 0 spiro atoms. The Morgan fingerprint density at radius 3 is 2.14 bits per heavy atom. The third kappa shape index (κ3) is 6.40. The van der Waals surface area contributed by atoms with E-state index < -0.39 is 10.0 Å². The van der Waals surface area contributed by atoms with E-state index in [0.29, 0.717) is 36.7 Å². The van der Waals surface area contributed by atoms with E-state index in [0.717, 1.165) is 38.3 Å². The van der Waals surface area contributed by atoms with Crippen LogP contribution in [0.3, 0.4) is 0 Å². The van der Waals surface area contributed by atoms with Crippen molar-refractivity contribution in [2.75, 3.05) is 45.8 Å². The molecule has 7 heteroatoms. The molecule has 0 atom stereocenters. The molecule has 0 N–H and O–H groups in total. The van der Waals surface area contributed by atoms with Crippen LogP contribution in [0.4, 0.5) is 0 Å². The van der Waals surface area contributed by atoms with Crippen LogP contribution in [0.25, 0.3) is 6.08 Å². The molecule has 6 nitrogen and oxygen atoms in total. The van der Waals surface area contributed by atoms with Crippen LogP contribution in [0.2, 0.25) is 0 Å². The number of piperidine rings is 1. The second kappa shape index (κ2) is 11.5. The van der Waals surface area contributed by atoms with Gasteiger partial charge in [0.05, 0.1) is 4.90 Å². The largest absolute Gasteiger partial charge is 0.340 e. The van der Waals surface area contributed by atoms with Crippen LogP contribution in [-0.2, 0) is 14.8 Å². The molecule has 0 aliphatic carbocycles. The van der Waals surface area contributed by atoms with Crippen molar-refractivity contribution >= 4 is 22.0 Å². The third-order valence-corrected chi connectivity index (χ3v) is 9.06. The first-order valence-corrected chi connectivity index (χ1v) is 14.1. The monoisotopic (exact) mass is 495 g/mol. The summed E-state index contributed by atoms with van der Waals surface area (Å²) in [4.78, 5) is 17.8. The summed E-state index contributed by atoms with van der Waals surface area (Å²) in [6.07, 6.45) is 5.49. The molecule has 2 heterocycles. The molecule has 35 heavy (non-hydrogen) atoms. The van der Waals surface area contributed by atoms with Crippen LogP contribution in [0, 0.1) is 5.92 Å². The lowest BCUT2D eigenvalue weighted by molar-refractivity contribution is -0.138. The van der Waals surface area contributed by atoms with Crippen LogP contribution in [-0.4, -0.2) is 74.2 Å². The fourth-order valence-corrected chi connectivity index (χ4v) is 6.30. The number of piperazine rings is 1. The number of carbonyl (C=O) groups excluding carboxylic acids is 1. The Hall–Kier alpha value is -2.48. The minimum Gasteiger partial charge on any atom is -0.340 e. The zero-order valence-corrected chi connectivity index (χ0v) is 21.7. The van der Waals surface area contributed by atoms with E-state index in [-0.39, 0.29) is 11.8 Å². The summed E-state index contributed by atoms with van der Waals surface area (Å²) in [6, 6.07) is 17.5. The first kappa shape index (κ1) is 25.6. The molecule has 0 aromatic heterocycles. The summed E-state index contributed by atoms with van der Waals surface area (Å²) < 4.78 is 27.7. The van der Waals surface area contributed by atoms with Crippen molar-refractivity contribution in [3.8, 4) is 0 Å². The van der Waals surface area contributed by atoms with Gasteiger partial charge in [0.2, 0.25) is 15.9 Å². The van der Waals surface area contributed by atoms with Crippen molar-refractivity contribution in [1.82, 2.24) is 14.1 Å². The summed E-state index contributed by atoms with van der Waals surface area (Å²) in [5.41, 5.74) is 2.32. The number of nitrogens with zero attached hydrogens (tertiary/aromatic N) is 3. The van der Waals surface area contributed by atoms with Gasteiger partial charge in [-0.2, -0.15) is 4.31 Å². The van der Waals surface area contributed by atoms with E-state index >= 15 is 0 Å². The zero-order valence-electron chi connectivity index (χ0n) is 20.8. The minimum atomic E-state index is -3.52. The van der Waals surface area contributed by atoms with Crippen molar-refractivity contribution in [1.29, 1.82) is 0 Å². The van der Waals surface area contributed by atoms with Gasteiger partial charge in [0.15, 0.2) is 0 Å². The Kier molecular flexibility index (Phi) is 8.42. The van der Waals surface area contributed by atoms with Crippen molar-refractivity contribution < 1.29 is 13.2 Å². The zero-order chi connectivity index (χ0) is 24.8. The first-order chi connectivity index (χ1) is 16.8. The maximum absolute atomic E-state index is 13.1. The maximum Gasteiger partial charge on any atom is 0.243 e. The van der Waals surface area contributed by atoms with Crippen molar-refractivity contribution in [2.45, 2.75) is 37.5 Å². The Labute approximate surface area is 210 Å². The van der Waals surface area contributed by atoms with Crippen molar-refractivity contribution in [3.63, 3.8) is 0 Å². The lowest BCUT2D eigenvalue weighted by Crippen LogP contribution is -2.51. The Balaban J connectivity index is 1.24. The average Bonchev–Trinajstić information content (AvgIpc) is 2.89. The predicted molar refractivity (Wildman–Crippen MR) is 141 cm³/mol. The van der Waals surface area contributed by atoms with Gasteiger partial charge >= 0.3 is 0 Å². The molecule has 2 aliphatic heterocycles. The van der Waals surface area contributed by atoms with E-state index in [1.807, 2.05) is 35.2 Å². The average molecular weight is 496 g/mol. The molecule has 0 saturated carbocycles. The summed E-state index contributed by atoms with van der Waals surface area (Å²) in [7, 11) is -3.52. The van der Waals surface area contributed by atoms with Crippen LogP contribution in [0.15, 0.2) is 65.6 Å². The molecule has 1 amide bonds. The molecule has 188 valence electrons. The highest BCUT2D eigenvalue weighted by Crippen LogP contribution is 2.26. The number of benzene rings is 2. The fourth-order valence-electron chi connectivity index (χ4n) is 4.83. The van der Waals surface area contributed by atoms with Gasteiger partial charge in [-0.25, -0.2) is 8.42 Å². The fraction of sp³-hybridized carbons (Fsp3) is 0.464. The summed E-state index contributed by atoms with van der Waals surface area (Å²) in [5, 5.41) is 0. The molecule has 0 radical (unpaired) electrons. The molecule has 2 aromatic rings. The minimum absolute atomic E-state index is 0.0886. The number of hydrogen-bond donors (Lipinski definition) is 0. The van der Waals surface area contributed by atoms with Gasteiger partial charge in [-0.3, -0.25) is 9.69 Å². The molecule has 4 rings (SSSR count). The number of sulfonamides is 1. The number of rotatable bonds is 7. The van der Waals surface area contributed by atoms with E-state index in [2.05, 4.69) is 43.0 Å². The summed E-state index contributed by atoms with van der Waals surface area (Å²) >= 11 is 0. The highest BCUT2D eigenvalue weighted by Gasteiger charge is 2.34. The Morgan fingerprint density at radius 1 is 0.914 bits per heavy atom. The summed E-state index contributed by atoms with van der Waals surface area (Å²) in [5.74, 6) is 0.457. The Morgan fingerprint density at radius 2 is 1.54 bits per heavy atom. The predicted octanol–water partition coefficient (Wildman–Crippen LogP) is 4.07. The lowest BCUT2D eigenvalue weighted by Gasteiger charge is -2.38. The highest BCUT2D eigenvalue weighted by molar-refractivity contribution is 7.89. The van der Waals surface area contributed by atoms with Gasteiger partial charge < -0.3 is 4.90 Å². The molecular weight excluding hydrogens is 458 g/mol. The van der Waals surface area contributed by atoms with E-state index in [1.54, 1.807) is 12.1 Å². The van der Waals surface area contributed by atoms with Crippen LogP contribution >= 0.6 is 0 Å². The van der Waals surface area contributed by atoms with Crippen LogP contribution in [0.1, 0.15) is 43.7 Å². The van der Waals surface area contributed by atoms with Crippen molar-refractivity contribution in [3.05, 3.63) is 71.8 Å². The molecule has 2 aliphatic rings. The van der Waals surface area contributed by atoms with Gasteiger partial charge in [0.1, 0.15) is 0 Å². The third-order valence-electron chi connectivity index (χ3n) is 7.15. The van der Waals surface area contributed by atoms with Crippen LogP contribution in [0.5, 0.6) is 0 Å². The number of carbonyl (C=O) groups is 1. The number of amides is 1. The smallest absolute Gasteiger partial charge is 0.243 e. The normalized spacial score (nSPS) is 19.0. The van der Waals surface area contributed by atoms with Gasteiger partial charge in [-0.1, -0.05) is 68.5 Å². The summed E-state index contributed by atoms with van der Waals surface area (Å²) in [6.45, 7) is 9.06. The maximum atomic E-state index is 13.1. The van der Waals surface area contributed by atoms with E-state index in [1.165, 1.54) is 9.87 Å². The first-order valence-electron chi connectivity index (χ1n) is 12.7. The highest BCUT2D eigenvalue weighted by atomic mass is 32.2. The van der Waals surface area contributed by atoms with Gasteiger partial charge in [-0.05, 0) is 42.0 Å². The lowest BCUT2D eigenvalue weighted by atomic mass is 9.96. The van der Waals surface area contributed by atoms with E-state index in [9.17, 15) is 13.2 Å². The van der Waals surface area contributed by atoms with Gasteiger partial charge in [-0.15, -0.1) is 0 Å². The molecular formula is C28H37N3O3S. The van der Waals surface area contributed by atoms with Gasteiger partial charge in [0, 0.05) is 51.7 Å². The molecule has 2 saturated heterocycles. The molecule has 0 bridgehead atoms. The van der Waals surface area contributed by atoms with Gasteiger partial charge in [0.25, 0.3) is 0 Å². The topological polar surface area (TPSA) is 60.9 Å². The quantitative estimate of drug-likeness (QED) is 0.581. The molecule has 2 aromatic carbocycles. The molecule has 0 unspecified atom stereocenters. The SMILES string of the molecule is CC(C)c1ccc(S(=O)(=O)N2CCC(C(=O)N3CCN(C/C=C/c4ccccc4)CC3)CC2)cc1. The van der Waals surface area contributed by atoms with Crippen LogP contribution < -0.4 is 0 Å². The standard InChI is InChI=1S/C28H37N3O3S/c1-23(2)25-10-12-27(13-11-25)35(33,34)31-17-14-26(15-18-31)28(32)30-21-19-29(20-22-30)16-6-9-24-7-4-3-5-8-24/h3-13,23,26H,14-22H2,1-2H3/b9-6+. The molecule has 2 fully saturated rings. The Bertz CT molecular complexity index is 1100.